The Hall–Kier alpha value is -3.82. The van der Waals surface area contributed by atoms with Gasteiger partial charge in [0, 0.05) is 19.3 Å². The van der Waals surface area contributed by atoms with Crippen LogP contribution in [0.1, 0.15) is 29.1 Å². The molecule has 3 heterocycles. The van der Waals surface area contributed by atoms with Crippen LogP contribution in [0.25, 0.3) is 10.6 Å². The number of nitrogens with one attached hydrogen (secondary N) is 2. The molecule has 35 heavy (non-hydrogen) atoms. The third-order valence-electron chi connectivity index (χ3n) is 5.10. The van der Waals surface area contributed by atoms with Crippen LogP contribution < -0.4 is 15.4 Å². The highest BCUT2D eigenvalue weighted by molar-refractivity contribution is 7.15. The number of aromatic nitrogens is 3. The molecule has 4 rings (SSSR count). The van der Waals surface area contributed by atoms with Crippen LogP contribution >= 0.6 is 11.3 Å². The number of hydrogen-bond donors (Lipinski definition) is 3. The van der Waals surface area contributed by atoms with Crippen molar-refractivity contribution in [3.8, 4) is 16.3 Å². The number of anilines is 2. The third-order valence-corrected chi connectivity index (χ3v) is 6.23. The van der Waals surface area contributed by atoms with Gasteiger partial charge >= 0.3 is 0 Å². The second kappa shape index (κ2) is 11.5. The first-order valence-corrected chi connectivity index (χ1v) is 12.0. The smallest absolute Gasteiger partial charge is 0.217 e. The van der Waals surface area contributed by atoms with E-state index in [1.54, 1.807) is 12.4 Å². The highest BCUT2D eigenvalue weighted by Gasteiger charge is 2.19. The van der Waals surface area contributed by atoms with Crippen LogP contribution in [-0.2, 0) is 11.2 Å². The highest BCUT2D eigenvalue weighted by atomic mass is 32.1. The van der Waals surface area contributed by atoms with Crippen molar-refractivity contribution in [1.29, 1.82) is 0 Å². The number of aliphatic hydroxyl groups excluding tert-OH is 1. The average molecular weight is 490 g/mol. The average Bonchev–Trinajstić information content (AvgIpc) is 3.34. The largest absolute Gasteiger partial charge is 0.491 e. The maximum absolute atomic E-state index is 11.9. The van der Waals surface area contributed by atoms with Gasteiger partial charge in [-0.25, -0.2) is 15.0 Å². The SMILES string of the molecule is CC(=O)N[C@@H](Cc1ccc(OCCO)cc1)c1ncc(-c2cccc(Nc3cc(C)ccn3)n2)s1. The Morgan fingerprint density at radius 3 is 2.69 bits per heavy atom. The lowest BCUT2D eigenvalue weighted by molar-refractivity contribution is -0.119. The Morgan fingerprint density at radius 1 is 1.11 bits per heavy atom. The monoisotopic (exact) mass is 489 g/mol. The van der Waals surface area contributed by atoms with E-state index in [4.69, 9.17) is 14.8 Å². The number of pyridine rings is 2. The number of benzene rings is 1. The summed E-state index contributed by atoms with van der Waals surface area (Å²) in [5.74, 6) is 2.00. The first-order chi connectivity index (χ1) is 17.0. The zero-order valence-corrected chi connectivity index (χ0v) is 20.4. The summed E-state index contributed by atoms with van der Waals surface area (Å²) in [5, 5.41) is 16.0. The van der Waals surface area contributed by atoms with Gasteiger partial charge in [0.2, 0.25) is 5.91 Å². The van der Waals surface area contributed by atoms with Gasteiger partial charge < -0.3 is 20.5 Å². The van der Waals surface area contributed by atoms with Gasteiger partial charge in [0.05, 0.1) is 23.2 Å². The number of aryl methyl sites for hydroxylation is 1. The summed E-state index contributed by atoms with van der Waals surface area (Å²) in [7, 11) is 0. The number of carbonyl (C=O) groups excluding carboxylic acids is 1. The lowest BCUT2D eigenvalue weighted by atomic mass is 10.1. The maximum Gasteiger partial charge on any atom is 0.217 e. The van der Waals surface area contributed by atoms with Crippen LogP contribution in [0.5, 0.6) is 5.75 Å². The molecule has 0 saturated heterocycles. The number of hydrogen-bond acceptors (Lipinski definition) is 8. The summed E-state index contributed by atoms with van der Waals surface area (Å²) in [6.45, 7) is 3.74. The number of ether oxygens (including phenoxy) is 1. The van der Waals surface area contributed by atoms with E-state index in [2.05, 4.69) is 20.6 Å². The molecule has 1 aromatic carbocycles. The number of amides is 1. The predicted molar refractivity (Wildman–Crippen MR) is 137 cm³/mol. The summed E-state index contributed by atoms with van der Waals surface area (Å²) >= 11 is 1.50. The first-order valence-electron chi connectivity index (χ1n) is 11.2. The van der Waals surface area contributed by atoms with Crippen LogP contribution in [0.4, 0.5) is 11.6 Å². The van der Waals surface area contributed by atoms with Crippen molar-refractivity contribution in [2.75, 3.05) is 18.5 Å². The van der Waals surface area contributed by atoms with Crippen molar-refractivity contribution in [2.24, 2.45) is 0 Å². The number of thiazole rings is 1. The molecule has 0 saturated carbocycles. The van der Waals surface area contributed by atoms with E-state index in [9.17, 15) is 4.79 Å². The van der Waals surface area contributed by atoms with Gasteiger partial charge in [-0.05, 0) is 60.9 Å². The molecule has 0 unspecified atom stereocenters. The fraction of sp³-hybridized carbons (Fsp3) is 0.231. The number of carbonyl (C=O) groups is 1. The van der Waals surface area contributed by atoms with Crippen LogP contribution in [0.15, 0.2) is 67.0 Å². The van der Waals surface area contributed by atoms with Gasteiger partial charge in [0.1, 0.15) is 29.0 Å². The highest BCUT2D eigenvalue weighted by Crippen LogP contribution is 2.31. The second-order valence-electron chi connectivity index (χ2n) is 7.99. The zero-order chi connectivity index (χ0) is 24.6. The lowest BCUT2D eigenvalue weighted by Crippen LogP contribution is -2.27. The molecule has 1 amide bonds. The molecule has 0 aliphatic heterocycles. The molecule has 4 aromatic rings. The minimum absolute atomic E-state index is 0.0324. The van der Waals surface area contributed by atoms with Gasteiger partial charge in [-0.15, -0.1) is 11.3 Å². The molecule has 0 aliphatic rings. The van der Waals surface area contributed by atoms with Crippen molar-refractivity contribution in [1.82, 2.24) is 20.3 Å². The van der Waals surface area contributed by atoms with E-state index in [-0.39, 0.29) is 25.2 Å². The Bertz CT molecular complexity index is 1280. The van der Waals surface area contributed by atoms with Crippen molar-refractivity contribution >= 4 is 28.9 Å². The first kappa shape index (κ1) is 24.3. The number of aliphatic hydroxyl groups is 1. The van der Waals surface area contributed by atoms with E-state index >= 15 is 0 Å². The Labute approximate surface area is 208 Å². The fourth-order valence-electron chi connectivity index (χ4n) is 3.51. The molecule has 0 fully saturated rings. The normalized spacial score (nSPS) is 11.6. The zero-order valence-electron chi connectivity index (χ0n) is 19.6. The van der Waals surface area contributed by atoms with Gasteiger partial charge in [-0.1, -0.05) is 18.2 Å². The van der Waals surface area contributed by atoms with E-state index < -0.39 is 0 Å². The van der Waals surface area contributed by atoms with Crippen molar-refractivity contribution in [3.05, 3.63) is 83.1 Å². The predicted octanol–water partition coefficient (Wildman–Crippen LogP) is 4.44. The van der Waals surface area contributed by atoms with Crippen molar-refractivity contribution in [3.63, 3.8) is 0 Å². The molecule has 9 heteroatoms. The summed E-state index contributed by atoms with van der Waals surface area (Å²) < 4.78 is 5.42. The molecule has 180 valence electrons. The number of nitrogens with zero attached hydrogens (tertiary/aromatic N) is 3. The topological polar surface area (TPSA) is 109 Å². The number of rotatable bonds is 10. The Kier molecular flexibility index (Phi) is 8.02. The molecule has 8 nitrogen and oxygen atoms in total. The molecule has 0 aliphatic carbocycles. The Morgan fingerprint density at radius 2 is 1.94 bits per heavy atom. The second-order valence-corrected chi connectivity index (χ2v) is 9.05. The molecular formula is C26H27N5O3S. The summed E-state index contributed by atoms with van der Waals surface area (Å²) in [5.41, 5.74) is 2.94. The molecular weight excluding hydrogens is 462 g/mol. The maximum atomic E-state index is 11.9. The third kappa shape index (κ3) is 6.84. The van der Waals surface area contributed by atoms with E-state index in [1.165, 1.54) is 18.3 Å². The summed E-state index contributed by atoms with van der Waals surface area (Å²) in [6, 6.07) is 17.0. The quantitative estimate of drug-likeness (QED) is 0.302. The standard InChI is InChI=1S/C26H27N5O3S/c1-17-10-11-27-25(14-17)31-24-5-3-4-21(30-24)23-16-28-26(35-23)22(29-18(2)33)15-19-6-8-20(9-7-19)34-13-12-32/h3-11,14,16,22,32H,12-13,15H2,1-2H3,(H,29,33)(H,27,30,31)/t22-/m0/s1. The van der Waals surface area contributed by atoms with E-state index in [0.29, 0.717) is 18.0 Å². The summed E-state index contributed by atoms with van der Waals surface area (Å²) in [6.07, 6.45) is 4.13. The molecule has 0 bridgehead atoms. The van der Waals surface area contributed by atoms with Crippen molar-refractivity contribution in [2.45, 2.75) is 26.3 Å². The van der Waals surface area contributed by atoms with Crippen LogP contribution in [-0.4, -0.2) is 39.2 Å². The van der Waals surface area contributed by atoms with E-state index in [0.717, 1.165) is 32.5 Å². The fourth-order valence-corrected chi connectivity index (χ4v) is 4.45. The van der Waals surface area contributed by atoms with Crippen LogP contribution in [0, 0.1) is 6.92 Å². The molecule has 0 spiro atoms. The van der Waals surface area contributed by atoms with Crippen molar-refractivity contribution < 1.29 is 14.6 Å². The molecule has 3 aromatic heterocycles. The molecule has 0 radical (unpaired) electrons. The van der Waals surface area contributed by atoms with E-state index in [1.807, 2.05) is 61.5 Å². The van der Waals surface area contributed by atoms with Gasteiger partial charge in [-0.2, -0.15) is 0 Å². The molecule has 1 atom stereocenters. The summed E-state index contributed by atoms with van der Waals surface area (Å²) in [4.78, 5) is 26.5. The van der Waals surface area contributed by atoms with Crippen LogP contribution in [0.2, 0.25) is 0 Å². The minimum atomic E-state index is -0.270. The molecule has 3 N–H and O–H groups in total. The van der Waals surface area contributed by atoms with Gasteiger partial charge in [0.15, 0.2) is 0 Å². The van der Waals surface area contributed by atoms with Crippen LogP contribution in [0.3, 0.4) is 0 Å². The Balaban J connectivity index is 1.51. The van der Waals surface area contributed by atoms with Gasteiger partial charge in [-0.3, -0.25) is 4.79 Å². The lowest BCUT2D eigenvalue weighted by Gasteiger charge is -2.16. The minimum Gasteiger partial charge on any atom is -0.491 e. The van der Waals surface area contributed by atoms with Gasteiger partial charge in [0.25, 0.3) is 0 Å².